The molecule has 178 valence electrons. The highest BCUT2D eigenvalue weighted by Gasteiger charge is 2.44. The molecule has 32 heavy (non-hydrogen) atoms. The molecule has 19 heteroatoms. The minimum Gasteiger partial charge on any atom is -0.376 e. The second-order valence-corrected chi connectivity index (χ2v) is 11.1. The van der Waals surface area contributed by atoms with Gasteiger partial charge in [-0.3, -0.25) is 28.3 Å². The number of anilines is 1. The zero-order valence-corrected chi connectivity index (χ0v) is 19.4. The maximum atomic E-state index is 12.0. The van der Waals surface area contributed by atoms with E-state index < -0.39 is 54.3 Å². The van der Waals surface area contributed by atoms with E-state index in [9.17, 15) is 23.4 Å². The second kappa shape index (κ2) is 9.74. The third-order valence-corrected chi connectivity index (χ3v) is 7.69. The lowest BCUT2D eigenvalue weighted by Gasteiger charge is -2.18. The first-order valence-electron chi connectivity index (χ1n) is 9.02. The fourth-order valence-corrected chi connectivity index (χ4v) is 5.55. The van der Waals surface area contributed by atoms with Crippen LogP contribution in [0.4, 0.5) is 5.95 Å². The molecule has 16 nitrogen and oxygen atoms in total. The molecule has 3 rings (SSSR count). The highest BCUT2D eigenvalue weighted by molar-refractivity contribution is 7.63. The molecule has 0 spiro atoms. The van der Waals surface area contributed by atoms with Crippen LogP contribution in [0.15, 0.2) is 11.1 Å². The van der Waals surface area contributed by atoms with Gasteiger partial charge in [-0.1, -0.05) is 0 Å². The van der Waals surface area contributed by atoms with E-state index in [4.69, 9.17) is 24.6 Å². The van der Waals surface area contributed by atoms with E-state index in [2.05, 4.69) is 23.6 Å². The Morgan fingerprint density at radius 3 is 2.78 bits per heavy atom. The first-order valence-corrected chi connectivity index (χ1v) is 13.6. The molecule has 1 aliphatic heterocycles. The molecule has 3 heterocycles. The normalized spacial score (nSPS) is 25.5. The van der Waals surface area contributed by atoms with Crippen molar-refractivity contribution < 1.29 is 46.1 Å². The van der Waals surface area contributed by atoms with Crippen molar-refractivity contribution in [3.05, 3.63) is 16.7 Å². The number of nitrogens with two attached hydrogens (primary N) is 1. The molecular weight excluding hydrogens is 495 g/mol. The number of fused-ring (bicyclic) bond motifs is 1. The van der Waals surface area contributed by atoms with Crippen molar-refractivity contribution >= 4 is 40.8 Å². The molecule has 1 fully saturated rings. The second-order valence-electron chi connectivity index (χ2n) is 6.59. The molecule has 2 aromatic rings. The molecule has 0 radical (unpaired) electrons. The predicted molar refractivity (Wildman–Crippen MR) is 108 cm³/mol. The van der Waals surface area contributed by atoms with E-state index in [1.807, 2.05) is 0 Å². The number of rotatable bonds is 10. The fourth-order valence-electron chi connectivity index (χ4n) is 2.98. The summed E-state index contributed by atoms with van der Waals surface area (Å²) >= 11 is 0. The van der Waals surface area contributed by atoms with Gasteiger partial charge in [0.15, 0.2) is 11.2 Å². The van der Waals surface area contributed by atoms with Gasteiger partial charge in [-0.15, -0.1) is 0 Å². The lowest BCUT2D eigenvalue weighted by molar-refractivity contribution is -0.0570. The van der Waals surface area contributed by atoms with Crippen molar-refractivity contribution in [3.63, 3.8) is 0 Å². The Hall–Kier alpha value is -1.57. The molecule has 4 unspecified atom stereocenters. The smallest absolute Gasteiger partial charge is 0.376 e. The first-order chi connectivity index (χ1) is 14.9. The number of nitrogens with one attached hydrogen (secondary N) is 1. The Morgan fingerprint density at radius 1 is 1.41 bits per heavy atom. The molecule has 0 bridgehead atoms. The molecule has 6 atom stereocenters. The van der Waals surface area contributed by atoms with Gasteiger partial charge in [-0.05, 0) is 15.5 Å². The average molecular weight is 516 g/mol. The minimum absolute atomic E-state index is 0.0459. The summed E-state index contributed by atoms with van der Waals surface area (Å²) in [5.74, 6) is -0.113. The minimum atomic E-state index is -4.93. The highest BCUT2D eigenvalue weighted by Crippen LogP contribution is 2.58. The summed E-state index contributed by atoms with van der Waals surface area (Å²) in [5.41, 5.74) is 5.28. The Labute approximate surface area is 181 Å². The Morgan fingerprint density at radius 2 is 2.12 bits per heavy atom. The van der Waals surface area contributed by atoms with Crippen LogP contribution >= 0.6 is 23.7 Å². The number of aromatic nitrogens is 4. The lowest BCUT2D eigenvalue weighted by Crippen LogP contribution is -2.28. The van der Waals surface area contributed by atoms with Crippen LogP contribution in [-0.4, -0.2) is 61.4 Å². The molecule has 0 saturated carbocycles. The van der Waals surface area contributed by atoms with Crippen LogP contribution in [0, 0.1) is 0 Å². The molecule has 0 aromatic carbocycles. The van der Waals surface area contributed by atoms with E-state index in [0.717, 1.165) is 6.66 Å². The number of nitrogens with zero attached hydrogens (tertiary/aromatic N) is 3. The monoisotopic (exact) mass is 516 g/mol. The number of phosphoric ester groups is 1. The summed E-state index contributed by atoms with van der Waals surface area (Å²) in [6, 6.07) is 0. The van der Waals surface area contributed by atoms with Crippen molar-refractivity contribution in [2.24, 2.45) is 0 Å². The van der Waals surface area contributed by atoms with E-state index in [0.29, 0.717) is 6.61 Å². The van der Waals surface area contributed by atoms with Crippen LogP contribution < -0.4 is 11.3 Å². The van der Waals surface area contributed by atoms with Crippen LogP contribution in [0.3, 0.4) is 0 Å². The number of ether oxygens (including phenoxy) is 2. The number of H-pyrrole nitrogens is 1. The summed E-state index contributed by atoms with van der Waals surface area (Å²) in [7, 11) is -12.6. The third-order valence-electron chi connectivity index (χ3n) is 4.11. The Bertz CT molecular complexity index is 1150. The molecule has 0 amide bonds. The summed E-state index contributed by atoms with van der Waals surface area (Å²) in [4.78, 5) is 41.1. The number of hydrogen-bond acceptors (Lipinski definition) is 12. The molecular formula is C13H21N5O11P3+. The fraction of sp³-hybridized carbons (Fsp3) is 0.615. The topological polar surface area (TPSA) is 227 Å². The number of aromatic amines is 1. The maximum absolute atomic E-state index is 12.0. The standard InChI is InChI=1S/C13H20N5O11P3/c1-3-25-7-4-9(18-6-15-10-11(18)16-13(14)17-12(10)19)27-8(7)5-26-32(23,24)29-30(20)28-31(2,21)22/h6-9H,3-5H2,1-2H3,(H4-,14,16,17,19,21,22,23,24)/p+1/t7?,8-,9-/m1/s1. The van der Waals surface area contributed by atoms with Gasteiger partial charge in [0.1, 0.15) is 12.3 Å². The van der Waals surface area contributed by atoms with Crippen molar-refractivity contribution in [2.75, 3.05) is 25.6 Å². The van der Waals surface area contributed by atoms with Gasteiger partial charge >= 0.3 is 23.7 Å². The molecule has 2 aromatic heterocycles. The Balaban J connectivity index is 1.71. The maximum Gasteiger partial charge on any atom is 0.717 e. The summed E-state index contributed by atoms with van der Waals surface area (Å²) < 4.78 is 60.6. The average Bonchev–Trinajstić information content (AvgIpc) is 3.22. The number of phosphoric acid groups is 1. The van der Waals surface area contributed by atoms with Crippen LogP contribution in [-0.2, 0) is 36.3 Å². The van der Waals surface area contributed by atoms with E-state index >= 15 is 0 Å². The van der Waals surface area contributed by atoms with E-state index in [1.165, 1.54) is 10.9 Å². The quantitative estimate of drug-likeness (QED) is 0.323. The zero-order valence-electron chi connectivity index (χ0n) is 16.8. The van der Waals surface area contributed by atoms with Crippen LogP contribution in [0.1, 0.15) is 19.6 Å². The van der Waals surface area contributed by atoms with Gasteiger partial charge in [0.25, 0.3) is 5.56 Å². The zero-order chi connectivity index (χ0) is 23.7. The van der Waals surface area contributed by atoms with Crippen molar-refractivity contribution in [1.29, 1.82) is 0 Å². The third kappa shape index (κ3) is 6.27. The highest BCUT2D eigenvalue weighted by atomic mass is 31.3. The van der Waals surface area contributed by atoms with Crippen LogP contribution in [0.25, 0.3) is 11.2 Å². The van der Waals surface area contributed by atoms with Crippen molar-refractivity contribution in [2.45, 2.75) is 31.8 Å². The number of nitrogen functional groups attached to an aromatic ring is 1. The molecule has 1 saturated heterocycles. The van der Waals surface area contributed by atoms with Crippen molar-refractivity contribution in [1.82, 2.24) is 19.5 Å². The largest absolute Gasteiger partial charge is 0.717 e. The molecule has 1 aliphatic rings. The SMILES string of the molecule is CCOC1C[C@H](n2cnc3c(=O)[nH]c(N)nc32)O[C@@H]1COP(=O)(O)O[P+](=O)OP(C)(=O)O. The van der Waals surface area contributed by atoms with Gasteiger partial charge in [-0.25, -0.2) is 9.55 Å². The first kappa shape index (κ1) is 25.1. The van der Waals surface area contributed by atoms with Gasteiger partial charge in [-0.2, -0.15) is 4.98 Å². The van der Waals surface area contributed by atoms with Gasteiger partial charge in [0, 0.05) is 24.3 Å². The van der Waals surface area contributed by atoms with Crippen molar-refractivity contribution in [3.8, 4) is 0 Å². The Kier molecular flexibility index (Phi) is 7.62. The summed E-state index contributed by atoms with van der Waals surface area (Å²) in [6.07, 6.45) is -0.615. The van der Waals surface area contributed by atoms with Gasteiger partial charge in [0.2, 0.25) is 5.95 Å². The molecule has 0 aliphatic carbocycles. The number of imidazole rings is 1. The van der Waals surface area contributed by atoms with Gasteiger partial charge < -0.3 is 20.1 Å². The lowest BCUT2D eigenvalue weighted by atomic mass is 10.2. The van der Waals surface area contributed by atoms with E-state index in [-0.39, 0.29) is 23.5 Å². The molecule has 5 N–H and O–H groups in total. The van der Waals surface area contributed by atoms with E-state index in [1.54, 1.807) is 6.92 Å². The predicted octanol–water partition coefficient (Wildman–Crippen LogP) is 1.02. The van der Waals surface area contributed by atoms with Gasteiger partial charge in [0.05, 0.1) is 19.0 Å². The number of hydrogen-bond donors (Lipinski definition) is 4. The summed E-state index contributed by atoms with van der Waals surface area (Å²) in [6.45, 7) is 2.23. The summed E-state index contributed by atoms with van der Waals surface area (Å²) in [5, 5.41) is 0. The van der Waals surface area contributed by atoms with Crippen LogP contribution in [0.5, 0.6) is 0 Å². The van der Waals surface area contributed by atoms with Crippen LogP contribution in [0.2, 0.25) is 0 Å².